The molecule has 2 saturated heterocycles. The summed E-state index contributed by atoms with van der Waals surface area (Å²) in [4.78, 5) is 2.36. The van der Waals surface area contributed by atoms with E-state index in [2.05, 4.69) is 11.5 Å². The van der Waals surface area contributed by atoms with Gasteiger partial charge in [-0.2, -0.15) is 0 Å². The van der Waals surface area contributed by atoms with E-state index in [1.807, 2.05) is 0 Å². The van der Waals surface area contributed by atoms with E-state index in [1.54, 1.807) is 0 Å². The molecule has 0 radical (unpaired) electrons. The Morgan fingerprint density at radius 2 is 2.40 bits per heavy atom. The Kier molecular flexibility index (Phi) is 1.17. The highest BCUT2D eigenvalue weighted by molar-refractivity contribution is 5.15. The van der Waals surface area contributed by atoms with Gasteiger partial charge in [-0.15, -0.1) is 0 Å². The van der Waals surface area contributed by atoms with Gasteiger partial charge in [-0.1, -0.05) is 12.2 Å². The molecule has 2 heteroatoms. The van der Waals surface area contributed by atoms with Crippen LogP contribution in [-0.2, 0) is 0 Å². The molecule has 10 heavy (non-hydrogen) atoms. The predicted octanol–water partition coefficient (Wildman–Crippen LogP) is 0.697. The smallest absolute Gasteiger partial charge is 0.0728 e. The Morgan fingerprint density at radius 3 is 3.10 bits per heavy atom. The van der Waals surface area contributed by atoms with E-state index in [1.165, 1.54) is 18.5 Å². The Labute approximate surface area is 61.7 Å². The van der Waals surface area contributed by atoms with Crippen LogP contribution in [-0.4, -0.2) is 23.7 Å². The summed E-state index contributed by atoms with van der Waals surface area (Å²) in [6.45, 7) is 6.17. The highest BCUT2D eigenvalue weighted by Crippen LogP contribution is 2.35. The van der Waals surface area contributed by atoms with E-state index < -0.39 is 0 Å². The van der Waals surface area contributed by atoms with Crippen LogP contribution in [0.3, 0.4) is 0 Å². The molecule has 0 spiro atoms. The van der Waals surface area contributed by atoms with E-state index >= 15 is 0 Å². The number of hydrogen-bond donors (Lipinski definition) is 1. The van der Waals surface area contributed by atoms with Gasteiger partial charge in [0.15, 0.2) is 0 Å². The molecular formula is C8H14N2. The standard InChI is InChI=1S/C8H14N2/c1-7-5-8(9)3-2-4-10(8)6-7/h1-6,9H2. The van der Waals surface area contributed by atoms with E-state index in [4.69, 9.17) is 5.73 Å². The summed E-state index contributed by atoms with van der Waals surface area (Å²) in [5.41, 5.74) is 7.44. The largest absolute Gasteiger partial charge is 0.313 e. The number of hydrogen-bond acceptors (Lipinski definition) is 2. The van der Waals surface area contributed by atoms with Crippen molar-refractivity contribution in [3.8, 4) is 0 Å². The van der Waals surface area contributed by atoms with Gasteiger partial charge in [-0.05, 0) is 12.8 Å². The zero-order chi connectivity index (χ0) is 7.19. The lowest BCUT2D eigenvalue weighted by molar-refractivity contribution is 0.204. The van der Waals surface area contributed by atoms with Gasteiger partial charge in [0.25, 0.3) is 0 Å². The molecule has 2 N–H and O–H groups in total. The number of rotatable bonds is 0. The van der Waals surface area contributed by atoms with Crippen molar-refractivity contribution < 1.29 is 0 Å². The lowest BCUT2D eigenvalue weighted by Gasteiger charge is -2.25. The summed E-state index contributed by atoms with van der Waals surface area (Å²) in [6.07, 6.45) is 3.45. The van der Waals surface area contributed by atoms with Crippen LogP contribution < -0.4 is 5.73 Å². The van der Waals surface area contributed by atoms with Crippen molar-refractivity contribution in [2.45, 2.75) is 24.9 Å². The normalized spacial score (nSPS) is 40.7. The summed E-state index contributed by atoms with van der Waals surface area (Å²) in [5.74, 6) is 0. The summed E-state index contributed by atoms with van der Waals surface area (Å²) >= 11 is 0. The van der Waals surface area contributed by atoms with Gasteiger partial charge in [0.1, 0.15) is 0 Å². The molecule has 0 aromatic carbocycles. The van der Waals surface area contributed by atoms with Crippen molar-refractivity contribution in [1.82, 2.24) is 4.90 Å². The van der Waals surface area contributed by atoms with Crippen LogP contribution in [0.1, 0.15) is 19.3 Å². The molecular weight excluding hydrogens is 124 g/mol. The van der Waals surface area contributed by atoms with Crippen LogP contribution >= 0.6 is 0 Å². The predicted molar refractivity (Wildman–Crippen MR) is 41.5 cm³/mol. The van der Waals surface area contributed by atoms with Gasteiger partial charge < -0.3 is 5.73 Å². The average molecular weight is 138 g/mol. The minimum absolute atomic E-state index is 0.0110. The van der Waals surface area contributed by atoms with Gasteiger partial charge >= 0.3 is 0 Å². The summed E-state index contributed by atoms with van der Waals surface area (Å²) in [6, 6.07) is 0. The van der Waals surface area contributed by atoms with Gasteiger partial charge in [0.2, 0.25) is 0 Å². The fourth-order valence-electron chi connectivity index (χ4n) is 2.15. The third kappa shape index (κ3) is 0.724. The molecule has 0 aromatic heterocycles. The first-order valence-corrected chi connectivity index (χ1v) is 3.91. The van der Waals surface area contributed by atoms with Crippen LogP contribution in [0.25, 0.3) is 0 Å². The Morgan fingerprint density at radius 1 is 1.60 bits per heavy atom. The Hall–Kier alpha value is -0.340. The maximum atomic E-state index is 6.12. The van der Waals surface area contributed by atoms with Gasteiger partial charge in [0, 0.05) is 19.5 Å². The van der Waals surface area contributed by atoms with Crippen LogP contribution in [0.5, 0.6) is 0 Å². The molecule has 1 atom stereocenters. The topological polar surface area (TPSA) is 29.3 Å². The fourth-order valence-corrected chi connectivity index (χ4v) is 2.15. The Balaban J connectivity index is 2.22. The van der Waals surface area contributed by atoms with E-state index in [0.717, 1.165) is 19.4 Å². The molecule has 0 amide bonds. The highest BCUT2D eigenvalue weighted by Gasteiger charge is 2.42. The third-order valence-corrected chi connectivity index (χ3v) is 2.64. The van der Waals surface area contributed by atoms with Crippen LogP contribution in [0, 0.1) is 0 Å². The molecule has 2 nitrogen and oxygen atoms in total. The zero-order valence-electron chi connectivity index (χ0n) is 6.27. The second-order valence-electron chi connectivity index (χ2n) is 3.56. The molecule has 0 aromatic rings. The second kappa shape index (κ2) is 1.83. The molecule has 0 aliphatic carbocycles. The number of fused-ring (bicyclic) bond motifs is 1. The van der Waals surface area contributed by atoms with Crippen molar-refractivity contribution in [3.05, 3.63) is 12.2 Å². The molecule has 2 aliphatic heterocycles. The number of nitrogens with two attached hydrogens (primary N) is 1. The van der Waals surface area contributed by atoms with Crippen LogP contribution in [0.4, 0.5) is 0 Å². The summed E-state index contributed by atoms with van der Waals surface area (Å²) < 4.78 is 0. The molecule has 56 valence electrons. The lowest BCUT2D eigenvalue weighted by atomic mass is 10.0. The first kappa shape index (κ1) is 6.38. The van der Waals surface area contributed by atoms with Crippen molar-refractivity contribution in [1.29, 1.82) is 0 Å². The first-order valence-electron chi connectivity index (χ1n) is 3.91. The monoisotopic (exact) mass is 138 g/mol. The SMILES string of the molecule is C=C1CN2CCCC2(N)C1. The maximum absolute atomic E-state index is 6.12. The fraction of sp³-hybridized carbons (Fsp3) is 0.750. The summed E-state index contributed by atoms with van der Waals surface area (Å²) in [5, 5.41) is 0. The molecule has 2 aliphatic rings. The lowest BCUT2D eigenvalue weighted by Crippen LogP contribution is -2.46. The van der Waals surface area contributed by atoms with E-state index in [9.17, 15) is 0 Å². The van der Waals surface area contributed by atoms with Gasteiger partial charge in [-0.3, -0.25) is 4.90 Å². The van der Waals surface area contributed by atoms with Crippen molar-refractivity contribution >= 4 is 0 Å². The second-order valence-corrected chi connectivity index (χ2v) is 3.56. The zero-order valence-corrected chi connectivity index (χ0v) is 6.27. The summed E-state index contributed by atoms with van der Waals surface area (Å²) in [7, 11) is 0. The van der Waals surface area contributed by atoms with Crippen molar-refractivity contribution in [2.75, 3.05) is 13.1 Å². The molecule has 0 saturated carbocycles. The van der Waals surface area contributed by atoms with Crippen LogP contribution in [0.15, 0.2) is 12.2 Å². The molecule has 0 bridgehead atoms. The van der Waals surface area contributed by atoms with Crippen molar-refractivity contribution in [3.63, 3.8) is 0 Å². The molecule has 2 heterocycles. The number of nitrogens with zero attached hydrogens (tertiary/aromatic N) is 1. The van der Waals surface area contributed by atoms with Crippen molar-refractivity contribution in [2.24, 2.45) is 5.73 Å². The first-order chi connectivity index (χ1) is 4.71. The van der Waals surface area contributed by atoms with Gasteiger partial charge in [0.05, 0.1) is 5.66 Å². The highest BCUT2D eigenvalue weighted by atomic mass is 15.3. The van der Waals surface area contributed by atoms with E-state index in [-0.39, 0.29) is 5.66 Å². The minimum Gasteiger partial charge on any atom is -0.313 e. The quantitative estimate of drug-likeness (QED) is 0.499. The van der Waals surface area contributed by atoms with Gasteiger partial charge in [-0.25, -0.2) is 0 Å². The average Bonchev–Trinajstić information content (AvgIpc) is 2.20. The third-order valence-electron chi connectivity index (χ3n) is 2.64. The molecule has 2 rings (SSSR count). The van der Waals surface area contributed by atoms with Crippen LogP contribution in [0.2, 0.25) is 0 Å². The molecule has 1 unspecified atom stereocenters. The molecule has 2 fully saturated rings. The van der Waals surface area contributed by atoms with E-state index in [0.29, 0.717) is 0 Å². The minimum atomic E-state index is 0.0110. The maximum Gasteiger partial charge on any atom is 0.0728 e. The Bertz CT molecular complexity index is 176.